The summed E-state index contributed by atoms with van der Waals surface area (Å²) in [6.07, 6.45) is 0. The maximum atomic E-state index is 5.92. The number of pyridine rings is 2. The molecule has 7 nitrogen and oxygen atoms in total. The fourth-order valence-electron chi connectivity index (χ4n) is 3.31. The molecule has 4 N–H and O–H groups in total. The van der Waals surface area contributed by atoms with E-state index in [9.17, 15) is 0 Å². The van der Waals surface area contributed by atoms with E-state index in [0.717, 1.165) is 34.0 Å². The Morgan fingerprint density at radius 3 is 2.39 bits per heavy atom. The van der Waals surface area contributed by atoms with Crippen LogP contribution in [0.3, 0.4) is 0 Å². The van der Waals surface area contributed by atoms with Gasteiger partial charge in [-0.3, -0.25) is 0 Å². The highest BCUT2D eigenvalue weighted by Crippen LogP contribution is 2.26. The molecule has 0 fully saturated rings. The van der Waals surface area contributed by atoms with E-state index in [1.54, 1.807) is 12.1 Å². The van der Waals surface area contributed by atoms with E-state index in [4.69, 9.17) is 21.2 Å². The van der Waals surface area contributed by atoms with Crippen LogP contribution in [0, 0.1) is 6.92 Å². The van der Waals surface area contributed by atoms with E-state index < -0.39 is 0 Å². The number of benzene rings is 1. The van der Waals surface area contributed by atoms with E-state index in [1.807, 2.05) is 49.4 Å². The third-order valence-electron chi connectivity index (χ3n) is 4.55. The molecular formula is C21H22N6O. The molecule has 1 aromatic carbocycles. The van der Waals surface area contributed by atoms with Crippen molar-refractivity contribution < 1.29 is 4.74 Å². The Labute approximate surface area is 163 Å². The van der Waals surface area contributed by atoms with E-state index in [0.29, 0.717) is 18.2 Å². The topological polar surface area (TPSA) is 105 Å². The normalized spacial score (nSPS) is 12.2. The van der Waals surface area contributed by atoms with Gasteiger partial charge in [0.25, 0.3) is 0 Å². The molecule has 1 atom stereocenters. The highest BCUT2D eigenvalue weighted by atomic mass is 16.5. The third-order valence-corrected chi connectivity index (χ3v) is 4.55. The molecule has 0 amide bonds. The second kappa shape index (κ2) is 7.19. The van der Waals surface area contributed by atoms with Gasteiger partial charge in [-0.25, -0.2) is 15.0 Å². The minimum absolute atomic E-state index is 0.0561. The van der Waals surface area contributed by atoms with E-state index in [2.05, 4.69) is 21.5 Å². The molecule has 0 bridgehead atoms. The van der Waals surface area contributed by atoms with Crippen molar-refractivity contribution in [3.63, 3.8) is 0 Å². The number of fused-ring (bicyclic) bond motifs is 1. The van der Waals surface area contributed by atoms with Crippen LogP contribution in [0.15, 0.2) is 54.6 Å². The lowest BCUT2D eigenvalue weighted by molar-refractivity contribution is 0.261. The number of nitrogens with zero attached hydrogens (tertiary/aromatic N) is 4. The van der Waals surface area contributed by atoms with Gasteiger partial charge in [-0.05, 0) is 50.2 Å². The fourth-order valence-corrected chi connectivity index (χ4v) is 3.31. The molecule has 0 saturated heterocycles. The largest absolute Gasteiger partial charge is 0.491 e. The average molecular weight is 374 g/mol. The number of rotatable bonds is 5. The van der Waals surface area contributed by atoms with Gasteiger partial charge in [0.1, 0.15) is 35.3 Å². The van der Waals surface area contributed by atoms with Crippen LogP contribution in [0.2, 0.25) is 0 Å². The van der Waals surface area contributed by atoms with Crippen molar-refractivity contribution in [3.8, 4) is 17.0 Å². The fraction of sp³-hybridized carbons (Fsp3) is 0.190. The molecule has 4 aromatic rings. The number of hydrogen-bond donors (Lipinski definition) is 2. The highest BCUT2D eigenvalue weighted by molar-refractivity contribution is 5.77. The predicted octanol–water partition coefficient (Wildman–Crippen LogP) is 3.61. The maximum absolute atomic E-state index is 5.92. The number of aryl methyl sites for hydroxylation is 1. The van der Waals surface area contributed by atoms with E-state index in [1.165, 1.54) is 0 Å². The molecular weight excluding hydrogens is 352 g/mol. The molecule has 3 aromatic heterocycles. The number of anilines is 2. The molecule has 0 aliphatic heterocycles. The lowest BCUT2D eigenvalue weighted by Gasteiger charge is -2.17. The van der Waals surface area contributed by atoms with Crippen LogP contribution < -0.4 is 16.2 Å². The van der Waals surface area contributed by atoms with Gasteiger partial charge in [-0.15, -0.1) is 0 Å². The quantitative estimate of drug-likeness (QED) is 0.553. The Hall–Kier alpha value is -3.61. The summed E-state index contributed by atoms with van der Waals surface area (Å²) in [6.45, 7) is 4.58. The van der Waals surface area contributed by atoms with Crippen LogP contribution in [0.4, 0.5) is 11.6 Å². The zero-order valence-electron chi connectivity index (χ0n) is 15.8. The summed E-state index contributed by atoms with van der Waals surface area (Å²) in [5, 5.41) is 0. The third kappa shape index (κ3) is 3.46. The number of nitrogen functional groups attached to an aromatic ring is 2. The van der Waals surface area contributed by atoms with Crippen LogP contribution >= 0.6 is 0 Å². The number of para-hydroxylation sites is 1. The summed E-state index contributed by atoms with van der Waals surface area (Å²) in [4.78, 5) is 13.5. The van der Waals surface area contributed by atoms with Crippen molar-refractivity contribution >= 4 is 22.8 Å². The minimum Gasteiger partial charge on any atom is -0.491 e. The molecule has 4 rings (SSSR count). The highest BCUT2D eigenvalue weighted by Gasteiger charge is 2.16. The van der Waals surface area contributed by atoms with Crippen molar-refractivity contribution in [3.05, 3.63) is 60.4 Å². The first kappa shape index (κ1) is 17.8. The van der Waals surface area contributed by atoms with Gasteiger partial charge in [0.15, 0.2) is 5.65 Å². The van der Waals surface area contributed by atoms with Crippen molar-refractivity contribution in [2.45, 2.75) is 19.9 Å². The zero-order valence-corrected chi connectivity index (χ0v) is 15.8. The second-order valence-electron chi connectivity index (χ2n) is 6.75. The number of aromatic nitrogens is 4. The standard InChI is InChI=1S/C21H22N6O/c1-13(12-28-16-6-4-3-5-7-16)27-14(2)24-18-9-8-17(25-21(18)27)15-10-19(22)26-20(23)11-15/h3-11,13H,12H2,1-2H3,(H4,22,23,26)/t13-/m0/s1. The zero-order chi connectivity index (χ0) is 19.7. The molecule has 0 spiro atoms. The summed E-state index contributed by atoms with van der Waals surface area (Å²) < 4.78 is 8.02. The lowest BCUT2D eigenvalue weighted by Crippen LogP contribution is -2.16. The Bertz CT molecular complexity index is 1100. The minimum atomic E-state index is 0.0561. The van der Waals surface area contributed by atoms with Gasteiger partial charge in [-0.1, -0.05) is 18.2 Å². The van der Waals surface area contributed by atoms with E-state index in [-0.39, 0.29) is 6.04 Å². The van der Waals surface area contributed by atoms with Gasteiger partial charge in [0.2, 0.25) is 0 Å². The summed E-state index contributed by atoms with van der Waals surface area (Å²) in [5.74, 6) is 2.46. The molecule has 0 unspecified atom stereocenters. The van der Waals surface area contributed by atoms with Crippen LogP contribution in [0.25, 0.3) is 22.4 Å². The number of imidazole rings is 1. The van der Waals surface area contributed by atoms with Crippen LogP contribution in [-0.4, -0.2) is 26.1 Å². The Morgan fingerprint density at radius 1 is 0.964 bits per heavy atom. The Morgan fingerprint density at radius 2 is 1.68 bits per heavy atom. The predicted molar refractivity (Wildman–Crippen MR) is 111 cm³/mol. The first-order valence-corrected chi connectivity index (χ1v) is 9.08. The molecule has 7 heteroatoms. The van der Waals surface area contributed by atoms with E-state index >= 15 is 0 Å². The molecule has 142 valence electrons. The molecule has 3 heterocycles. The van der Waals surface area contributed by atoms with Crippen LogP contribution in [0.1, 0.15) is 18.8 Å². The smallest absolute Gasteiger partial charge is 0.161 e. The summed E-state index contributed by atoms with van der Waals surface area (Å²) >= 11 is 0. The Kier molecular flexibility index (Phi) is 4.57. The van der Waals surface area contributed by atoms with Crippen molar-refractivity contribution in [2.24, 2.45) is 0 Å². The van der Waals surface area contributed by atoms with Gasteiger partial charge in [0, 0.05) is 5.56 Å². The SMILES string of the molecule is Cc1nc2ccc(-c3cc(N)nc(N)c3)nc2n1[C@@H](C)COc1ccccc1. The molecule has 0 saturated carbocycles. The van der Waals surface area contributed by atoms with Crippen molar-refractivity contribution in [1.29, 1.82) is 0 Å². The van der Waals surface area contributed by atoms with Crippen LogP contribution in [0.5, 0.6) is 5.75 Å². The molecule has 28 heavy (non-hydrogen) atoms. The average Bonchev–Trinajstić information content (AvgIpc) is 3.01. The maximum Gasteiger partial charge on any atom is 0.161 e. The first-order chi connectivity index (χ1) is 13.5. The summed E-state index contributed by atoms with van der Waals surface area (Å²) in [6, 6.07) is 17.2. The molecule has 0 aliphatic rings. The van der Waals surface area contributed by atoms with Gasteiger partial charge < -0.3 is 20.8 Å². The monoisotopic (exact) mass is 374 g/mol. The van der Waals surface area contributed by atoms with Gasteiger partial charge in [0.05, 0.1) is 11.7 Å². The lowest BCUT2D eigenvalue weighted by atomic mass is 10.1. The summed E-state index contributed by atoms with van der Waals surface area (Å²) in [7, 11) is 0. The molecule has 0 aliphatic carbocycles. The molecule has 0 radical (unpaired) electrons. The summed E-state index contributed by atoms with van der Waals surface area (Å²) in [5.41, 5.74) is 14.9. The number of hydrogen-bond acceptors (Lipinski definition) is 6. The first-order valence-electron chi connectivity index (χ1n) is 9.08. The Balaban J connectivity index is 1.68. The number of nitrogens with two attached hydrogens (primary N) is 2. The van der Waals surface area contributed by atoms with Crippen molar-refractivity contribution in [2.75, 3.05) is 18.1 Å². The van der Waals surface area contributed by atoms with Gasteiger partial charge >= 0.3 is 0 Å². The number of ether oxygens (including phenoxy) is 1. The van der Waals surface area contributed by atoms with Crippen molar-refractivity contribution in [1.82, 2.24) is 19.5 Å². The van der Waals surface area contributed by atoms with Crippen LogP contribution in [-0.2, 0) is 0 Å². The van der Waals surface area contributed by atoms with Gasteiger partial charge in [-0.2, -0.15) is 0 Å². The second-order valence-corrected chi connectivity index (χ2v) is 6.75.